The summed E-state index contributed by atoms with van der Waals surface area (Å²) in [7, 11) is 0. The zero-order valence-electron chi connectivity index (χ0n) is 15.7. The minimum atomic E-state index is -0.277. The van der Waals surface area contributed by atoms with Gasteiger partial charge in [-0.25, -0.2) is 0 Å². The van der Waals surface area contributed by atoms with Crippen molar-refractivity contribution >= 4 is 46.6 Å². The van der Waals surface area contributed by atoms with Gasteiger partial charge in [-0.15, -0.1) is 0 Å². The highest BCUT2D eigenvalue weighted by Gasteiger charge is 2.33. The van der Waals surface area contributed by atoms with Gasteiger partial charge in [0.25, 0.3) is 5.91 Å². The molecule has 1 N–H and O–H groups in total. The summed E-state index contributed by atoms with van der Waals surface area (Å²) in [6.45, 7) is 5.01. The number of anilines is 1. The second kappa shape index (κ2) is 9.08. The van der Waals surface area contributed by atoms with Crippen molar-refractivity contribution in [3.63, 3.8) is 0 Å². The molecule has 0 spiro atoms. The number of thiocarbonyl (C=S) groups is 1. The Labute approximate surface area is 174 Å². The first-order valence-corrected chi connectivity index (χ1v) is 9.85. The van der Waals surface area contributed by atoms with E-state index in [-0.39, 0.29) is 11.0 Å². The standard InChI is InChI=1S/C21H21ClN2O3S/c1-3-12-27-19-14(8-7-11-18(19)26-4-2)13-16-20(25)24(21(28)23-16)17-10-6-5-9-15(17)22/h5-11,13H,3-4,12H2,1-2H3,(H,23,28)/b16-13-. The number of rotatable bonds is 7. The van der Waals surface area contributed by atoms with Crippen molar-refractivity contribution in [3.05, 3.63) is 58.7 Å². The van der Waals surface area contributed by atoms with Gasteiger partial charge in [-0.3, -0.25) is 9.69 Å². The Kier molecular flexibility index (Phi) is 6.54. The predicted molar refractivity (Wildman–Crippen MR) is 116 cm³/mol. The molecule has 5 nitrogen and oxygen atoms in total. The molecule has 2 aromatic carbocycles. The molecule has 2 aromatic rings. The first kappa shape index (κ1) is 20.2. The summed E-state index contributed by atoms with van der Waals surface area (Å²) in [5.41, 5.74) is 1.62. The van der Waals surface area contributed by atoms with Crippen LogP contribution in [0.25, 0.3) is 6.08 Å². The van der Waals surface area contributed by atoms with E-state index in [1.54, 1.807) is 30.3 Å². The molecule has 0 saturated carbocycles. The summed E-state index contributed by atoms with van der Waals surface area (Å²) in [5, 5.41) is 3.71. The molecule has 0 unspecified atom stereocenters. The Morgan fingerprint density at radius 3 is 2.64 bits per heavy atom. The number of carbonyl (C=O) groups is 1. The fourth-order valence-corrected chi connectivity index (χ4v) is 3.33. The maximum atomic E-state index is 13.0. The molecule has 0 atom stereocenters. The first-order chi connectivity index (χ1) is 13.6. The van der Waals surface area contributed by atoms with Crippen LogP contribution in [0.15, 0.2) is 48.2 Å². The lowest BCUT2D eigenvalue weighted by molar-refractivity contribution is -0.113. The van der Waals surface area contributed by atoms with Gasteiger partial charge in [-0.2, -0.15) is 0 Å². The Hall–Kier alpha value is -2.57. The van der Waals surface area contributed by atoms with E-state index in [4.69, 9.17) is 33.3 Å². The molecule has 1 aliphatic rings. The van der Waals surface area contributed by atoms with Crippen molar-refractivity contribution in [2.24, 2.45) is 0 Å². The smallest absolute Gasteiger partial charge is 0.281 e. The number of halogens is 1. The maximum absolute atomic E-state index is 13.0. The predicted octanol–water partition coefficient (Wildman–Crippen LogP) is 4.79. The molecule has 1 aliphatic heterocycles. The zero-order chi connectivity index (χ0) is 20.1. The van der Waals surface area contributed by atoms with Crippen molar-refractivity contribution < 1.29 is 14.3 Å². The molecule has 1 saturated heterocycles. The SMILES string of the molecule is CCCOc1c(/C=C2\NC(=S)N(c3ccccc3Cl)C2=O)cccc1OCC. The van der Waals surface area contributed by atoms with Crippen LogP contribution in [0.2, 0.25) is 5.02 Å². The Bertz CT molecular complexity index is 930. The summed E-state index contributed by atoms with van der Waals surface area (Å²) < 4.78 is 11.6. The van der Waals surface area contributed by atoms with Gasteiger partial charge in [0, 0.05) is 5.56 Å². The maximum Gasteiger partial charge on any atom is 0.281 e. The number of para-hydroxylation sites is 2. The van der Waals surface area contributed by atoms with Crippen LogP contribution in [0.5, 0.6) is 11.5 Å². The average molecular weight is 417 g/mol. The topological polar surface area (TPSA) is 50.8 Å². The van der Waals surface area contributed by atoms with Crippen molar-refractivity contribution in [1.29, 1.82) is 0 Å². The van der Waals surface area contributed by atoms with Gasteiger partial charge in [-0.05, 0) is 49.8 Å². The van der Waals surface area contributed by atoms with Crippen LogP contribution in [0, 0.1) is 0 Å². The lowest BCUT2D eigenvalue weighted by Crippen LogP contribution is -2.30. The van der Waals surface area contributed by atoms with Gasteiger partial charge < -0.3 is 14.8 Å². The van der Waals surface area contributed by atoms with Crippen LogP contribution in [-0.4, -0.2) is 24.2 Å². The highest BCUT2D eigenvalue weighted by Crippen LogP contribution is 2.34. The van der Waals surface area contributed by atoms with Crippen LogP contribution >= 0.6 is 23.8 Å². The number of nitrogens with zero attached hydrogens (tertiary/aromatic N) is 1. The first-order valence-electron chi connectivity index (χ1n) is 9.07. The van der Waals surface area contributed by atoms with Crippen LogP contribution in [0.3, 0.4) is 0 Å². The molecule has 1 fully saturated rings. The number of carbonyl (C=O) groups excluding carboxylic acids is 1. The average Bonchev–Trinajstić information content (AvgIpc) is 2.95. The number of nitrogens with one attached hydrogen (secondary N) is 1. The van der Waals surface area contributed by atoms with Gasteiger partial charge in [0.2, 0.25) is 0 Å². The highest BCUT2D eigenvalue weighted by atomic mass is 35.5. The highest BCUT2D eigenvalue weighted by molar-refractivity contribution is 7.80. The van der Waals surface area contributed by atoms with Gasteiger partial charge in [0.05, 0.1) is 23.9 Å². The molecule has 1 amide bonds. The monoisotopic (exact) mass is 416 g/mol. The molecule has 3 rings (SSSR count). The van der Waals surface area contributed by atoms with Crippen LogP contribution in [0.4, 0.5) is 5.69 Å². The van der Waals surface area contributed by atoms with E-state index in [9.17, 15) is 4.79 Å². The largest absolute Gasteiger partial charge is 0.490 e. The zero-order valence-corrected chi connectivity index (χ0v) is 17.3. The van der Waals surface area contributed by atoms with E-state index >= 15 is 0 Å². The number of hydrogen-bond donors (Lipinski definition) is 1. The fourth-order valence-electron chi connectivity index (χ4n) is 2.82. The fraction of sp³-hybridized carbons (Fsp3) is 0.238. The van der Waals surface area contributed by atoms with E-state index in [1.807, 2.05) is 32.0 Å². The summed E-state index contributed by atoms with van der Waals surface area (Å²) in [4.78, 5) is 14.4. The summed E-state index contributed by atoms with van der Waals surface area (Å²) in [6.07, 6.45) is 2.58. The molecule has 7 heteroatoms. The molecule has 0 aromatic heterocycles. The summed E-state index contributed by atoms with van der Waals surface area (Å²) >= 11 is 11.6. The molecule has 1 heterocycles. The second-order valence-corrected chi connectivity index (χ2v) is 6.83. The summed E-state index contributed by atoms with van der Waals surface area (Å²) in [6, 6.07) is 12.7. The second-order valence-electron chi connectivity index (χ2n) is 6.04. The van der Waals surface area contributed by atoms with Crippen molar-refractivity contribution in [2.45, 2.75) is 20.3 Å². The van der Waals surface area contributed by atoms with E-state index in [0.29, 0.717) is 41.1 Å². The lowest BCUT2D eigenvalue weighted by Gasteiger charge is -2.15. The molecule has 146 valence electrons. The van der Waals surface area contributed by atoms with Crippen LogP contribution in [0.1, 0.15) is 25.8 Å². The number of benzene rings is 2. The third-order valence-electron chi connectivity index (χ3n) is 4.03. The van der Waals surface area contributed by atoms with Crippen molar-refractivity contribution in [1.82, 2.24) is 5.32 Å². The van der Waals surface area contributed by atoms with Gasteiger partial charge in [-0.1, -0.05) is 42.8 Å². The third kappa shape index (κ3) is 4.13. The third-order valence-corrected chi connectivity index (χ3v) is 4.64. The van der Waals surface area contributed by atoms with E-state index < -0.39 is 0 Å². The molecular formula is C21H21ClN2O3S. The minimum absolute atomic E-state index is 0.277. The van der Waals surface area contributed by atoms with Crippen molar-refractivity contribution in [2.75, 3.05) is 18.1 Å². The quantitative estimate of drug-likeness (QED) is 0.519. The Balaban J connectivity index is 1.98. The molecule has 0 bridgehead atoms. The molecule has 0 aliphatic carbocycles. The number of ether oxygens (including phenoxy) is 2. The Morgan fingerprint density at radius 1 is 1.14 bits per heavy atom. The molecule has 0 radical (unpaired) electrons. The molecular weight excluding hydrogens is 396 g/mol. The minimum Gasteiger partial charge on any atom is -0.490 e. The number of hydrogen-bond acceptors (Lipinski definition) is 4. The lowest BCUT2D eigenvalue weighted by atomic mass is 10.1. The van der Waals surface area contributed by atoms with Gasteiger partial charge in [0.15, 0.2) is 16.6 Å². The van der Waals surface area contributed by atoms with Crippen molar-refractivity contribution in [3.8, 4) is 11.5 Å². The summed E-state index contributed by atoms with van der Waals surface area (Å²) in [5.74, 6) is 0.970. The van der Waals surface area contributed by atoms with Crippen LogP contribution < -0.4 is 19.7 Å². The normalized spacial score (nSPS) is 15.1. The van der Waals surface area contributed by atoms with Gasteiger partial charge >= 0.3 is 0 Å². The molecule has 28 heavy (non-hydrogen) atoms. The Morgan fingerprint density at radius 2 is 1.93 bits per heavy atom. The van der Waals surface area contributed by atoms with E-state index in [2.05, 4.69) is 5.32 Å². The van der Waals surface area contributed by atoms with Crippen LogP contribution in [-0.2, 0) is 4.79 Å². The van der Waals surface area contributed by atoms with E-state index in [0.717, 1.165) is 12.0 Å². The number of amides is 1. The van der Waals surface area contributed by atoms with E-state index in [1.165, 1.54) is 4.90 Å². The van der Waals surface area contributed by atoms with Gasteiger partial charge in [0.1, 0.15) is 5.70 Å².